The fourth-order valence-corrected chi connectivity index (χ4v) is 21.5. The summed E-state index contributed by atoms with van der Waals surface area (Å²) in [7, 11) is 0. The number of thiophene rings is 1. The first-order valence-corrected chi connectivity index (χ1v) is 43.0. The summed E-state index contributed by atoms with van der Waals surface area (Å²) >= 11 is 1.87. The van der Waals surface area contributed by atoms with Crippen LogP contribution in [0.3, 0.4) is 0 Å². The molecule has 0 bridgehead atoms. The lowest BCUT2D eigenvalue weighted by Gasteiger charge is -2.23. The number of furan rings is 2. The topological polar surface area (TPSA) is 26.3 Å². The van der Waals surface area contributed by atoms with E-state index in [1.54, 1.807) is 0 Å². The van der Waals surface area contributed by atoms with Crippen LogP contribution < -0.4 is 0 Å². The van der Waals surface area contributed by atoms with Gasteiger partial charge in [0.25, 0.3) is 0 Å². The quantitative estimate of drug-likeness (QED) is 0.149. The van der Waals surface area contributed by atoms with Crippen molar-refractivity contribution >= 4 is 162 Å². The van der Waals surface area contributed by atoms with Gasteiger partial charge >= 0.3 is 0 Å². The normalized spacial score (nSPS) is 12.4. The SMILES string of the molecule is CC1(C)c2ccccc2-c2ccc(-c3c4ccccc4c(-c4cccc(-c5cccc6c5oc5ccccc56)c4)c4ccccc34)cc21.c1ccc2c(-c3c4ccccc4c(-c4ccc5oc6ccccc6c5c4)c4ccccc34)cccc2c1.c1ccc2cc(-c3c4ccccc4c(-c4ccc5sc6ccccc6c5c4)c4ccccc34)ccc2c1. The molecular formula is C119H76O2S. The van der Waals surface area contributed by atoms with E-state index in [2.05, 4.69) is 420 Å². The van der Waals surface area contributed by atoms with E-state index in [1.165, 1.54) is 195 Å². The molecule has 0 fully saturated rings. The van der Waals surface area contributed by atoms with Gasteiger partial charge in [-0.15, -0.1) is 11.3 Å². The summed E-state index contributed by atoms with van der Waals surface area (Å²) in [5.41, 5.74) is 26.6. The van der Waals surface area contributed by atoms with Crippen molar-refractivity contribution in [3.05, 3.63) is 436 Å². The average Bonchev–Trinajstić information content (AvgIpc) is 1.09. The fraction of sp³-hybridized carbons (Fsp3) is 0.0252. The number of para-hydroxylation sites is 3. The van der Waals surface area contributed by atoms with Gasteiger partial charge in [-0.3, -0.25) is 0 Å². The lowest BCUT2D eigenvalue weighted by atomic mass is 9.80. The van der Waals surface area contributed by atoms with Crippen LogP contribution in [0.4, 0.5) is 0 Å². The second-order valence-electron chi connectivity index (χ2n) is 33.0. The van der Waals surface area contributed by atoms with E-state index in [4.69, 9.17) is 8.83 Å². The van der Waals surface area contributed by atoms with Gasteiger partial charge in [-0.2, -0.15) is 0 Å². The zero-order valence-electron chi connectivity index (χ0n) is 67.1. The standard InChI is InChI=1S/C47H32O.C36H22O.C36H22S/c1-47(2)41-23-9-7-15-33(41)34-26-25-31(28-42(34)47)45-38-19-5-3-17-36(38)44(37-18-4-6-20-39(37)45)30-14-11-13-29(27-30)32-21-12-22-40-35-16-8-10-24-43(35)48-46(32)40;1-2-12-25-23(10-1)11-9-18-27(25)36-30-16-5-3-14-28(30)35(29-15-4-6-17-31(29)36)24-20-21-34-32(22-24)26-13-7-8-19-33(26)37-34;1-2-10-24-21-25(18-17-23(24)9-1)35-28-12-3-5-14-30(28)36(31-15-6-4-13-29(31)35)26-19-20-34-32(22-26)27-11-7-8-16-33(27)37-34/h3-28H,1-2H3;2*1-22H. The van der Waals surface area contributed by atoms with Crippen molar-refractivity contribution in [2.24, 2.45) is 0 Å². The molecule has 3 heterocycles. The predicted octanol–water partition coefficient (Wildman–Crippen LogP) is 34.4. The molecule has 0 atom stereocenters. The van der Waals surface area contributed by atoms with Gasteiger partial charge in [0.15, 0.2) is 0 Å². The van der Waals surface area contributed by atoms with E-state index in [0.717, 1.165) is 55.0 Å². The van der Waals surface area contributed by atoms with Crippen LogP contribution >= 0.6 is 11.3 Å². The third-order valence-electron chi connectivity index (χ3n) is 26.0. The van der Waals surface area contributed by atoms with Gasteiger partial charge in [-0.05, 0) is 241 Å². The summed E-state index contributed by atoms with van der Waals surface area (Å²) in [5.74, 6) is 0. The van der Waals surface area contributed by atoms with Crippen LogP contribution in [0.2, 0.25) is 0 Å². The van der Waals surface area contributed by atoms with Crippen LogP contribution in [0.5, 0.6) is 0 Å². The van der Waals surface area contributed by atoms with Gasteiger partial charge in [0.1, 0.15) is 22.3 Å². The molecule has 0 unspecified atom stereocenters. The van der Waals surface area contributed by atoms with Crippen molar-refractivity contribution < 1.29 is 8.83 Å². The summed E-state index contributed by atoms with van der Waals surface area (Å²) in [6.45, 7) is 4.72. The van der Waals surface area contributed by atoms with Gasteiger partial charge in [-0.25, -0.2) is 0 Å². The monoisotopic (exact) mass is 1570 g/mol. The van der Waals surface area contributed by atoms with Crippen molar-refractivity contribution in [3.8, 4) is 89.0 Å². The molecule has 570 valence electrons. The Morgan fingerprint density at radius 2 is 0.541 bits per heavy atom. The first-order valence-electron chi connectivity index (χ1n) is 42.2. The number of fused-ring (bicyclic) bond motifs is 20. The van der Waals surface area contributed by atoms with Gasteiger partial charge in [-0.1, -0.05) is 378 Å². The van der Waals surface area contributed by atoms with Gasteiger partial charge in [0.05, 0.1) is 0 Å². The highest BCUT2D eigenvalue weighted by Gasteiger charge is 2.36. The highest BCUT2D eigenvalue weighted by molar-refractivity contribution is 7.25. The smallest absolute Gasteiger partial charge is 0.143 e. The fourth-order valence-electron chi connectivity index (χ4n) is 20.5. The molecule has 3 aromatic heterocycles. The van der Waals surface area contributed by atoms with Crippen molar-refractivity contribution in [2.75, 3.05) is 0 Å². The van der Waals surface area contributed by atoms with E-state index in [9.17, 15) is 0 Å². The number of rotatable bonds is 7. The lowest BCUT2D eigenvalue weighted by molar-refractivity contribution is 0.660. The number of hydrogen-bond donors (Lipinski definition) is 0. The largest absolute Gasteiger partial charge is 0.456 e. The van der Waals surface area contributed by atoms with E-state index in [-0.39, 0.29) is 5.41 Å². The minimum Gasteiger partial charge on any atom is -0.456 e. The van der Waals surface area contributed by atoms with Crippen LogP contribution in [0, 0.1) is 0 Å². The molecule has 0 amide bonds. The molecule has 122 heavy (non-hydrogen) atoms. The first kappa shape index (κ1) is 70.9. The Bertz CT molecular complexity index is 8460. The molecule has 1 aliphatic rings. The highest BCUT2D eigenvalue weighted by Crippen LogP contribution is 2.54. The molecule has 0 saturated carbocycles. The van der Waals surface area contributed by atoms with Crippen LogP contribution in [0.1, 0.15) is 25.0 Å². The Labute approximate surface area is 709 Å². The van der Waals surface area contributed by atoms with E-state index in [0.29, 0.717) is 0 Å². The maximum atomic E-state index is 6.46. The molecule has 22 aromatic carbocycles. The minimum absolute atomic E-state index is 0.0589. The number of benzene rings is 22. The predicted molar refractivity (Wildman–Crippen MR) is 522 cm³/mol. The molecule has 1 aliphatic carbocycles. The Morgan fingerprint density at radius 1 is 0.180 bits per heavy atom. The molecule has 3 heteroatoms. The number of hydrogen-bond acceptors (Lipinski definition) is 3. The molecule has 26 rings (SSSR count). The molecule has 0 aliphatic heterocycles. The minimum atomic E-state index is -0.0589. The van der Waals surface area contributed by atoms with Gasteiger partial charge in [0, 0.05) is 52.7 Å². The molecule has 2 nitrogen and oxygen atoms in total. The Morgan fingerprint density at radius 3 is 1.15 bits per heavy atom. The maximum Gasteiger partial charge on any atom is 0.143 e. The van der Waals surface area contributed by atoms with Crippen LogP contribution in [0.25, 0.3) is 239 Å². The van der Waals surface area contributed by atoms with E-state index in [1.807, 2.05) is 29.5 Å². The van der Waals surface area contributed by atoms with Crippen LogP contribution in [0.15, 0.2) is 433 Å². The maximum absolute atomic E-state index is 6.46. The van der Waals surface area contributed by atoms with Crippen molar-refractivity contribution in [1.82, 2.24) is 0 Å². The Balaban J connectivity index is 0.000000105. The van der Waals surface area contributed by atoms with Crippen LogP contribution in [-0.4, -0.2) is 0 Å². The molecule has 0 saturated heterocycles. The summed E-state index contributed by atoms with van der Waals surface area (Å²) in [5, 5.41) is 27.6. The summed E-state index contributed by atoms with van der Waals surface area (Å²) in [6, 6.07) is 155. The highest BCUT2D eigenvalue weighted by atomic mass is 32.1. The van der Waals surface area contributed by atoms with E-state index >= 15 is 0 Å². The molecule has 0 spiro atoms. The third-order valence-corrected chi connectivity index (χ3v) is 27.1. The van der Waals surface area contributed by atoms with Crippen molar-refractivity contribution in [2.45, 2.75) is 19.3 Å². The van der Waals surface area contributed by atoms with E-state index < -0.39 is 0 Å². The Kier molecular flexibility index (Phi) is 16.6. The van der Waals surface area contributed by atoms with Gasteiger partial charge in [0.2, 0.25) is 0 Å². The molecule has 25 aromatic rings. The lowest BCUT2D eigenvalue weighted by Crippen LogP contribution is -2.14. The zero-order valence-corrected chi connectivity index (χ0v) is 68.0. The summed E-state index contributed by atoms with van der Waals surface area (Å²) < 4.78 is 15.3. The third kappa shape index (κ3) is 11.4. The summed E-state index contributed by atoms with van der Waals surface area (Å²) in [6.07, 6.45) is 0. The average molecular weight is 1570 g/mol. The molecular weight excluding hydrogens is 1490 g/mol. The van der Waals surface area contributed by atoms with Gasteiger partial charge < -0.3 is 8.83 Å². The Hall–Kier alpha value is -15.3. The van der Waals surface area contributed by atoms with Crippen molar-refractivity contribution in [3.63, 3.8) is 0 Å². The second-order valence-corrected chi connectivity index (χ2v) is 34.1. The van der Waals surface area contributed by atoms with Crippen LogP contribution in [-0.2, 0) is 5.41 Å². The second kappa shape index (κ2) is 28.5. The molecule has 0 radical (unpaired) electrons. The molecule has 0 N–H and O–H groups in total. The summed E-state index contributed by atoms with van der Waals surface area (Å²) in [4.78, 5) is 0. The first-order chi connectivity index (χ1) is 60.3. The van der Waals surface area contributed by atoms with Crippen molar-refractivity contribution in [1.29, 1.82) is 0 Å². The zero-order chi connectivity index (χ0) is 80.7.